The van der Waals surface area contributed by atoms with Crippen molar-refractivity contribution in [2.45, 2.75) is 25.9 Å². The number of anilines is 1. The van der Waals surface area contributed by atoms with Crippen molar-refractivity contribution in [2.24, 2.45) is 0 Å². The molecule has 0 aliphatic carbocycles. The Hall–Kier alpha value is -1.59. The third-order valence-corrected chi connectivity index (χ3v) is 2.97. The number of carboxylic acid groups (broad SMARTS) is 1. The van der Waals surface area contributed by atoms with Crippen LogP contribution < -0.4 is 5.32 Å². The van der Waals surface area contributed by atoms with Crippen LogP contribution in [0.25, 0.3) is 0 Å². The molecule has 0 heterocycles. The second-order valence-corrected chi connectivity index (χ2v) is 4.93. The quantitative estimate of drug-likeness (QED) is 0.703. The van der Waals surface area contributed by atoms with Crippen molar-refractivity contribution in [3.8, 4) is 0 Å². The molecule has 106 valence electrons. The third-order valence-electron chi connectivity index (χ3n) is 2.97. The van der Waals surface area contributed by atoms with E-state index in [1.807, 2.05) is 0 Å². The summed E-state index contributed by atoms with van der Waals surface area (Å²) in [4.78, 5) is 10.9. The Balaban J connectivity index is 2.63. The lowest BCUT2D eigenvalue weighted by Gasteiger charge is -2.24. The Kier molecular flexibility index (Phi) is 5.32. The van der Waals surface area contributed by atoms with Crippen molar-refractivity contribution in [3.63, 3.8) is 0 Å². The molecule has 0 amide bonds. The monoisotopic (exact) mass is 267 g/mol. The summed E-state index contributed by atoms with van der Waals surface area (Å²) in [5.41, 5.74) is 0.904. The van der Waals surface area contributed by atoms with E-state index in [-0.39, 0.29) is 5.56 Å². The number of ether oxygens (including phenoxy) is 1. The first-order chi connectivity index (χ1) is 8.85. The number of carbonyl (C=O) groups is 1. The van der Waals surface area contributed by atoms with Gasteiger partial charge in [-0.15, -0.1) is 0 Å². The van der Waals surface area contributed by atoms with Gasteiger partial charge in [-0.05, 0) is 37.6 Å². The Morgan fingerprint density at radius 3 is 2.68 bits per heavy atom. The molecular formula is C14H21NO4. The van der Waals surface area contributed by atoms with E-state index in [0.29, 0.717) is 25.1 Å². The summed E-state index contributed by atoms with van der Waals surface area (Å²) in [6.45, 7) is 4.35. The highest BCUT2D eigenvalue weighted by molar-refractivity contribution is 5.89. The van der Waals surface area contributed by atoms with Gasteiger partial charge in [-0.3, -0.25) is 0 Å². The molecule has 1 rings (SSSR count). The zero-order valence-electron chi connectivity index (χ0n) is 11.6. The van der Waals surface area contributed by atoms with Gasteiger partial charge in [0.1, 0.15) is 0 Å². The highest BCUT2D eigenvalue weighted by Gasteiger charge is 2.19. The van der Waals surface area contributed by atoms with Crippen LogP contribution in [0, 0.1) is 6.92 Å². The number of aliphatic hydroxyl groups is 1. The molecule has 0 spiro atoms. The van der Waals surface area contributed by atoms with E-state index in [9.17, 15) is 9.90 Å². The van der Waals surface area contributed by atoms with Gasteiger partial charge in [0, 0.05) is 32.4 Å². The second-order valence-electron chi connectivity index (χ2n) is 4.93. The van der Waals surface area contributed by atoms with Crippen LogP contribution in [0.1, 0.15) is 29.3 Å². The number of hydrogen-bond donors (Lipinski definition) is 3. The number of hydrogen-bond acceptors (Lipinski definition) is 4. The molecule has 0 fully saturated rings. The molecule has 5 heteroatoms. The average Bonchev–Trinajstić information content (AvgIpc) is 2.34. The molecule has 3 N–H and O–H groups in total. The molecule has 0 saturated heterocycles. The number of benzene rings is 1. The van der Waals surface area contributed by atoms with Gasteiger partial charge in [0.25, 0.3) is 0 Å². The van der Waals surface area contributed by atoms with Gasteiger partial charge in [0.15, 0.2) is 0 Å². The summed E-state index contributed by atoms with van der Waals surface area (Å²) in [6, 6.07) is 5.02. The van der Waals surface area contributed by atoms with Gasteiger partial charge >= 0.3 is 5.97 Å². The average molecular weight is 267 g/mol. The lowest BCUT2D eigenvalue weighted by molar-refractivity contribution is 0.0357. The highest BCUT2D eigenvalue weighted by Crippen LogP contribution is 2.17. The molecule has 0 radical (unpaired) electrons. The molecule has 1 aromatic rings. The van der Waals surface area contributed by atoms with Crippen molar-refractivity contribution in [2.75, 3.05) is 25.6 Å². The Morgan fingerprint density at radius 1 is 1.47 bits per heavy atom. The minimum atomic E-state index is -0.934. The van der Waals surface area contributed by atoms with Crippen molar-refractivity contribution >= 4 is 11.7 Å². The first-order valence-corrected chi connectivity index (χ1v) is 6.15. The zero-order valence-corrected chi connectivity index (χ0v) is 11.6. The van der Waals surface area contributed by atoms with E-state index in [1.165, 1.54) is 0 Å². The second kappa shape index (κ2) is 6.54. The Morgan fingerprint density at radius 2 is 2.16 bits per heavy atom. The fraction of sp³-hybridized carbons (Fsp3) is 0.500. The van der Waals surface area contributed by atoms with Crippen molar-refractivity contribution in [1.82, 2.24) is 0 Å². The van der Waals surface area contributed by atoms with Gasteiger partial charge < -0.3 is 20.3 Å². The molecule has 1 atom stereocenters. The molecule has 19 heavy (non-hydrogen) atoms. The predicted octanol–water partition coefficient (Wildman–Crippen LogP) is 1.89. The van der Waals surface area contributed by atoms with Crippen LogP contribution in [-0.4, -0.2) is 42.0 Å². The fourth-order valence-electron chi connectivity index (χ4n) is 1.72. The van der Waals surface area contributed by atoms with Crippen LogP contribution in [0.3, 0.4) is 0 Å². The lowest BCUT2D eigenvalue weighted by Crippen LogP contribution is -2.34. The Labute approximate surface area is 113 Å². The summed E-state index contributed by atoms with van der Waals surface area (Å²) in [5.74, 6) is -0.934. The van der Waals surface area contributed by atoms with Crippen LogP contribution >= 0.6 is 0 Å². The number of nitrogens with one attached hydrogen (secondary N) is 1. The molecule has 0 aliphatic heterocycles. The summed E-state index contributed by atoms with van der Waals surface area (Å²) in [7, 11) is 1.59. The third kappa shape index (κ3) is 4.89. The normalized spacial score (nSPS) is 13.9. The van der Waals surface area contributed by atoms with E-state index in [2.05, 4.69) is 5.32 Å². The standard InChI is InChI=1S/C14H21NO4/c1-10-8-11(4-5-12(10)13(16)17)15-9-14(2,18)6-7-19-3/h4-5,8,15,18H,6-7,9H2,1-3H3,(H,16,17). The molecule has 0 aromatic heterocycles. The highest BCUT2D eigenvalue weighted by atomic mass is 16.5. The van der Waals surface area contributed by atoms with E-state index < -0.39 is 11.6 Å². The minimum absolute atomic E-state index is 0.289. The number of methoxy groups -OCH3 is 1. The van der Waals surface area contributed by atoms with Gasteiger partial charge in [0.2, 0.25) is 0 Å². The molecule has 0 saturated carbocycles. The Bertz CT molecular complexity index is 443. The predicted molar refractivity (Wildman–Crippen MR) is 73.7 cm³/mol. The summed E-state index contributed by atoms with van der Waals surface area (Å²) in [5, 5.41) is 22.1. The number of aryl methyl sites for hydroxylation is 1. The molecule has 5 nitrogen and oxygen atoms in total. The van der Waals surface area contributed by atoms with Crippen LogP contribution in [0.5, 0.6) is 0 Å². The van der Waals surface area contributed by atoms with Gasteiger partial charge in [-0.25, -0.2) is 4.79 Å². The first kappa shape index (κ1) is 15.5. The number of carboxylic acids is 1. The van der Waals surface area contributed by atoms with E-state index in [4.69, 9.17) is 9.84 Å². The number of rotatable bonds is 7. The smallest absolute Gasteiger partial charge is 0.335 e. The fourth-order valence-corrected chi connectivity index (χ4v) is 1.72. The van der Waals surface area contributed by atoms with Crippen LogP contribution in [-0.2, 0) is 4.74 Å². The van der Waals surface area contributed by atoms with Gasteiger partial charge in [-0.2, -0.15) is 0 Å². The van der Waals surface area contributed by atoms with Crippen molar-refractivity contribution in [3.05, 3.63) is 29.3 Å². The zero-order chi connectivity index (χ0) is 14.5. The maximum absolute atomic E-state index is 10.9. The number of aromatic carboxylic acids is 1. The SMILES string of the molecule is COCCC(C)(O)CNc1ccc(C(=O)O)c(C)c1. The van der Waals surface area contributed by atoms with E-state index >= 15 is 0 Å². The van der Waals surface area contributed by atoms with Crippen LogP contribution in [0.4, 0.5) is 5.69 Å². The molecule has 1 unspecified atom stereocenters. The van der Waals surface area contributed by atoms with Gasteiger partial charge in [-0.1, -0.05) is 0 Å². The summed E-state index contributed by atoms with van der Waals surface area (Å²) < 4.78 is 4.94. The van der Waals surface area contributed by atoms with E-state index in [0.717, 1.165) is 5.69 Å². The van der Waals surface area contributed by atoms with Crippen LogP contribution in [0.2, 0.25) is 0 Å². The van der Waals surface area contributed by atoms with Crippen molar-refractivity contribution in [1.29, 1.82) is 0 Å². The summed E-state index contributed by atoms with van der Waals surface area (Å²) >= 11 is 0. The summed E-state index contributed by atoms with van der Waals surface area (Å²) in [6.07, 6.45) is 0.530. The molecule has 0 bridgehead atoms. The first-order valence-electron chi connectivity index (χ1n) is 6.15. The van der Waals surface area contributed by atoms with Gasteiger partial charge in [0.05, 0.1) is 11.2 Å². The molecule has 1 aromatic carbocycles. The van der Waals surface area contributed by atoms with Crippen molar-refractivity contribution < 1.29 is 19.7 Å². The minimum Gasteiger partial charge on any atom is -0.478 e. The molecular weight excluding hydrogens is 246 g/mol. The maximum atomic E-state index is 10.9. The van der Waals surface area contributed by atoms with Crippen LogP contribution in [0.15, 0.2) is 18.2 Å². The topological polar surface area (TPSA) is 78.8 Å². The van der Waals surface area contributed by atoms with E-state index in [1.54, 1.807) is 39.2 Å². The maximum Gasteiger partial charge on any atom is 0.335 e. The largest absolute Gasteiger partial charge is 0.478 e. The lowest BCUT2D eigenvalue weighted by atomic mass is 10.0. The molecule has 0 aliphatic rings.